The summed E-state index contributed by atoms with van der Waals surface area (Å²) in [5.74, 6) is 0.103. The quantitative estimate of drug-likeness (QED) is 0.881. The zero-order valence-electron chi connectivity index (χ0n) is 11.6. The van der Waals surface area contributed by atoms with Gasteiger partial charge in [-0.3, -0.25) is 4.79 Å². The van der Waals surface area contributed by atoms with Crippen LogP contribution >= 0.6 is 11.3 Å². The highest BCUT2D eigenvalue weighted by Crippen LogP contribution is 2.25. The molecule has 110 valence electrons. The maximum absolute atomic E-state index is 12.6. The molecule has 1 amide bonds. The standard InChI is InChI=1S/C14H21N3O2S/c15-14(3-9-19-10-4-14)13(18)17-7-5-16(6-8-17)12-2-1-11-20-12/h1-2,11H,3-10,15H2. The Morgan fingerprint density at radius 2 is 1.95 bits per heavy atom. The second kappa shape index (κ2) is 5.71. The summed E-state index contributed by atoms with van der Waals surface area (Å²) >= 11 is 1.75. The molecule has 2 fully saturated rings. The second-order valence-electron chi connectivity index (χ2n) is 5.50. The molecule has 0 atom stereocenters. The molecule has 2 aliphatic heterocycles. The van der Waals surface area contributed by atoms with Gasteiger partial charge in [0.05, 0.1) is 10.5 Å². The molecule has 1 aromatic heterocycles. The van der Waals surface area contributed by atoms with Crippen LogP contribution in [0.1, 0.15) is 12.8 Å². The smallest absolute Gasteiger partial charge is 0.242 e. The van der Waals surface area contributed by atoms with Gasteiger partial charge in [-0.1, -0.05) is 0 Å². The van der Waals surface area contributed by atoms with E-state index in [4.69, 9.17) is 10.5 Å². The molecule has 20 heavy (non-hydrogen) atoms. The molecule has 0 radical (unpaired) electrons. The van der Waals surface area contributed by atoms with Crippen LogP contribution in [0, 0.1) is 0 Å². The average Bonchev–Trinajstić information content (AvgIpc) is 3.02. The van der Waals surface area contributed by atoms with E-state index >= 15 is 0 Å². The van der Waals surface area contributed by atoms with Crippen molar-refractivity contribution in [1.82, 2.24) is 4.90 Å². The van der Waals surface area contributed by atoms with Gasteiger partial charge in [0.2, 0.25) is 5.91 Å². The van der Waals surface area contributed by atoms with Gasteiger partial charge in [0.15, 0.2) is 0 Å². The third-order valence-corrected chi connectivity index (χ3v) is 5.12. The van der Waals surface area contributed by atoms with Crippen molar-refractivity contribution in [2.45, 2.75) is 18.4 Å². The molecule has 5 nitrogen and oxygen atoms in total. The fourth-order valence-corrected chi connectivity index (χ4v) is 3.63. The normalized spacial score (nSPS) is 22.9. The third-order valence-electron chi connectivity index (χ3n) is 4.20. The third kappa shape index (κ3) is 2.68. The molecule has 1 aromatic rings. The van der Waals surface area contributed by atoms with E-state index in [9.17, 15) is 4.79 Å². The van der Waals surface area contributed by atoms with E-state index < -0.39 is 5.54 Å². The fourth-order valence-electron chi connectivity index (χ4n) is 2.84. The molecule has 2 N–H and O–H groups in total. The van der Waals surface area contributed by atoms with Gasteiger partial charge in [0, 0.05) is 39.4 Å². The van der Waals surface area contributed by atoms with Crippen molar-refractivity contribution in [1.29, 1.82) is 0 Å². The van der Waals surface area contributed by atoms with E-state index in [2.05, 4.69) is 22.4 Å². The number of nitrogens with two attached hydrogens (primary N) is 1. The summed E-state index contributed by atoms with van der Waals surface area (Å²) in [5.41, 5.74) is 5.57. The van der Waals surface area contributed by atoms with E-state index in [0.717, 1.165) is 26.2 Å². The monoisotopic (exact) mass is 295 g/mol. The minimum Gasteiger partial charge on any atom is -0.381 e. The Labute approximate surface area is 123 Å². The van der Waals surface area contributed by atoms with E-state index in [-0.39, 0.29) is 5.91 Å². The minimum absolute atomic E-state index is 0.103. The molecule has 0 aromatic carbocycles. The number of hydrogen-bond acceptors (Lipinski definition) is 5. The second-order valence-corrected chi connectivity index (χ2v) is 6.43. The zero-order valence-corrected chi connectivity index (χ0v) is 12.4. The summed E-state index contributed by atoms with van der Waals surface area (Å²) in [4.78, 5) is 16.9. The summed E-state index contributed by atoms with van der Waals surface area (Å²) in [5, 5.41) is 3.37. The number of amides is 1. The van der Waals surface area contributed by atoms with Gasteiger partial charge in [-0.05, 0) is 30.4 Å². The fraction of sp³-hybridized carbons (Fsp3) is 0.643. The minimum atomic E-state index is -0.705. The Bertz CT molecular complexity index is 449. The molecule has 0 saturated carbocycles. The molecule has 0 aliphatic carbocycles. The first-order valence-electron chi connectivity index (χ1n) is 7.13. The number of hydrogen-bond donors (Lipinski definition) is 1. The Kier molecular flexibility index (Phi) is 3.96. The lowest BCUT2D eigenvalue weighted by Gasteiger charge is -2.41. The van der Waals surface area contributed by atoms with Crippen molar-refractivity contribution in [3.8, 4) is 0 Å². The molecular weight excluding hydrogens is 274 g/mol. The zero-order chi connectivity index (χ0) is 14.0. The highest BCUT2D eigenvalue weighted by atomic mass is 32.1. The Morgan fingerprint density at radius 1 is 1.25 bits per heavy atom. The van der Waals surface area contributed by atoms with Gasteiger partial charge >= 0.3 is 0 Å². The first-order valence-corrected chi connectivity index (χ1v) is 8.01. The first-order chi connectivity index (χ1) is 9.69. The Balaban J connectivity index is 1.59. The van der Waals surface area contributed by atoms with Crippen LogP contribution in [0.4, 0.5) is 5.00 Å². The van der Waals surface area contributed by atoms with E-state index in [1.165, 1.54) is 5.00 Å². The topological polar surface area (TPSA) is 58.8 Å². The number of nitrogens with zero attached hydrogens (tertiary/aromatic N) is 2. The van der Waals surface area contributed by atoms with Crippen LogP contribution in [0.2, 0.25) is 0 Å². The van der Waals surface area contributed by atoms with Gasteiger partial charge in [0.1, 0.15) is 0 Å². The average molecular weight is 295 g/mol. The lowest BCUT2D eigenvalue weighted by atomic mass is 9.89. The lowest BCUT2D eigenvalue weighted by Crippen LogP contribution is -2.61. The summed E-state index contributed by atoms with van der Waals surface area (Å²) in [7, 11) is 0. The molecule has 0 spiro atoms. The predicted molar refractivity (Wildman–Crippen MR) is 80.1 cm³/mol. The molecule has 3 rings (SSSR count). The number of carbonyl (C=O) groups excluding carboxylic acids is 1. The highest BCUT2D eigenvalue weighted by Gasteiger charge is 2.39. The van der Waals surface area contributed by atoms with Gasteiger partial charge in [-0.25, -0.2) is 0 Å². The molecule has 2 aliphatic rings. The Hall–Kier alpha value is -1.11. The van der Waals surface area contributed by atoms with Crippen LogP contribution in [-0.2, 0) is 9.53 Å². The van der Waals surface area contributed by atoms with Crippen LogP contribution < -0.4 is 10.6 Å². The number of carbonyl (C=O) groups is 1. The molecule has 2 saturated heterocycles. The first kappa shape index (κ1) is 13.9. The molecule has 0 unspecified atom stereocenters. The maximum Gasteiger partial charge on any atom is 0.242 e. The number of piperazine rings is 1. The number of anilines is 1. The lowest BCUT2D eigenvalue weighted by molar-refractivity contribution is -0.140. The van der Waals surface area contributed by atoms with Gasteiger partial charge in [0.25, 0.3) is 0 Å². The molecule has 0 bridgehead atoms. The van der Waals surface area contributed by atoms with Crippen molar-refractivity contribution in [2.75, 3.05) is 44.3 Å². The number of thiophene rings is 1. The molecular formula is C14H21N3O2S. The van der Waals surface area contributed by atoms with Crippen molar-refractivity contribution in [2.24, 2.45) is 5.73 Å². The summed E-state index contributed by atoms with van der Waals surface area (Å²) in [6.07, 6.45) is 1.27. The van der Waals surface area contributed by atoms with E-state index in [0.29, 0.717) is 26.1 Å². The van der Waals surface area contributed by atoms with Crippen LogP contribution in [0.5, 0.6) is 0 Å². The number of rotatable bonds is 2. The van der Waals surface area contributed by atoms with Crippen molar-refractivity contribution in [3.63, 3.8) is 0 Å². The maximum atomic E-state index is 12.6. The van der Waals surface area contributed by atoms with Crippen LogP contribution in [0.15, 0.2) is 17.5 Å². The van der Waals surface area contributed by atoms with Crippen LogP contribution in [0.25, 0.3) is 0 Å². The van der Waals surface area contributed by atoms with Gasteiger partial charge in [-0.2, -0.15) is 0 Å². The van der Waals surface area contributed by atoms with Gasteiger partial charge in [-0.15, -0.1) is 11.3 Å². The molecule has 3 heterocycles. The van der Waals surface area contributed by atoms with Crippen molar-refractivity contribution in [3.05, 3.63) is 17.5 Å². The van der Waals surface area contributed by atoms with Crippen molar-refractivity contribution >= 4 is 22.2 Å². The summed E-state index contributed by atoms with van der Waals surface area (Å²) in [6.45, 7) is 4.49. The summed E-state index contributed by atoms with van der Waals surface area (Å²) < 4.78 is 5.31. The highest BCUT2D eigenvalue weighted by molar-refractivity contribution is 7.14. The molecule has 6 heteroatoms. The largest absolute Gasteiger partial charge is 0.381 e. The SMILES string of the molecule is NC1(C(=O)N2CCN(c3cccs3)CC2)CCOCC1. The summed E-state index contributed by atoms with van der Waals surface area (Å²) in [6, 6.07) is 4.19. The van der Waals surface area contributed by atoms with Crippen molar-refractivity contribution < 1.29 is 9.53 Å². The van der Waals surface area contributed by atoms with E-state index in [1.54, 1.807) is 11.3 Å². The Morgan fingerprint density at radius 3 is 2.55 bits per heavy atom. The van der Waals surface area contributed by atoms with Gasteiger partial charge < -0.3 is 20.3 Å². The predicted octanol–water partition coefficient (Wildman–Crippen LogP) is 0.905. The number of ether oxygens (including phenoxy) is 1. The van der Waals surface area contributed by atoms with E-state index in [1.807, 2.05) is 4.90 Å². The van der Waals surface area contributed by atoms with Crippen LogP contribution in [-0.4, -0.2) is 55.7 Å². The van der Waals surface area contributed by atoms with Crippen LogP contribution in [0.3, 0.4) is 0 Å².